The maximum absolute atomic E-state index is 13.4. The first-order valence-corrected chi connectivity index (χ1v) is 9.37. The number of hydrogen-bond donors (Lipinski definition) is 3. The number of halogens is 2. The van der Waals surface area contributed by atoms with Gasteiger partial charge in [0.2, 0.25) is 5.91 Å². The average Bonchev–Trinajstić information content (AvgIpc) is 2.99. The van der Waals surface area contributed by atoms with Crippen LogP contribution in [0.3, 0.4) is 0 Å². The molecule has 144 valence electrons. The van der Waals surface area contributed by atoms with Crippen LogP contribution in [0.15, 0.2) is 18.2 Å². The normalized spacial score (nSPS) is 20.0. The first-order chi connectivity index (χ1) is 12.2. The molecule has 0 spiro atoms. The summed E-state index contributed by atoms with van der Waals surface area (Å²) in [4.78, 5) is 24.2. The first kappa shape index (κ1) is 20.6. The predicted octanol–water partition coefficient (Wildman–Crippen LogP) is 3.02. The molecule has 1 aromatic rings. The fourth-order valence-corrected chi connectivity index (χ4v) is 3.22. The lowest BCUT2D eigenvalue weighted by Gasteiger charge is -2.25. The number of rotatable bonds is 7. The lowest BCUT2D eigenvalue weighted by atomic mass is 10.0. The van der Waals surface area contributed by atoms with Crippen LogP contribution in [-0.4, -0.2) is 36.0 Å². The van der Waals surface area contributed by atoms with E-state index in [9.17, 15) is 14.0 Å². The second-order valence-electron chi connectivity index (χ2n) is 7.50. The van der Waals surface area contributed by atoms with Gasteiger partial charge in [0.25, 0.3) is 5.91 Å². The highest BCUT2D eigenvalue weighted by Gasteiger charge is 2.27. The molecular formula is C19H27ClFN3O2. The number of nitrogens with one attached hydrogen (secondary N) is 3. The third kappa shape index (κ3) is 6.25. The molecule has 0 radical (unpaired) electrons. The van der Waals surface area contributed by atoms with Gasteiger partial charge in [-0.3, -0.25) is 9.59 Å². The van der Waals surface area contributed by atoms with Gasteiger partial charge in [-0.05, 0) is 57.7 Å². The van der Waals surface area contributed by atoms with Crippen LogP contribution in [0.1, 0.15) is 56.8 Å². The van der Waals surface area contributed by atoms with Gasteiger partial charge in [-0.25, -0.2) is 4.39 Å². The van der Waals surface area contributed by atoms with Crippen molar-refractivity contribution in [1.29, 1.82) is 0 Å². The Kier molecular flexibility index (Phi) is 7.01. The number of carbonyl (C=O) groups is 2. The van der Waals surface area contributed by atoms with Gasteiger partial charge in [-0.1, -0.05) is 18.5 Å². The van der Waals surface area contributed by atoms with E-state index in [2.05, 4.69) is 16.0 Å². The molecule has 7 heteroatoms. The van der Waals surface area contributed by atoms with Gasteiger partial charge in [0.15, 0.2) is 0 Å². The average molecular weight is 384 g/mol. The standard InChI is InChI=1S/C19H27ClFN3O2/c1-4-19(2,3)24-17(25)11-22-15-5-6-16(10-15)23-18(26)12-7-13(20)9-14(21)8-12/h7-9,15-16,22H,4-6,10-11H2,1-3H3,(H,23,26)(H,24,25)/t15-,16-/m1/s1. The van der Waals surface area contributed by atoms with E-state index in [-0.39, 0.29) is 46.6 Å². The van der Waals surface area contributed by atoms with Gasteiger partial charge in [-0.2, -0.15) is 0 Å². The van der Waals surface area contributed by atoms with Gasteiger partial charge in [0, 0.05) is 28.2 Å². The summed E-state index contributed by atoms with van der Waals surface area (Å²) < 4.78 is 13.4. The topological polar surface area (TPSA) is 70.2 Å². The molecule has 0 unspecified atom stereocenters. The first-order valence-electron chi connectivity index (χ1n) is 9.00. The maximum atomic E-state index is 13.4. The van der Waals surface area contributed by atoms with Crippen molar-refractivity contribution < 1.29 is 14.0 Å². The van der Waals surface area contributed by atoms with Gasteiger partial charge >= 0.3 is 0 Å². The molecule has 2 amide bonds. The molecule has 1 aromatic carbocycles. The molecule has 3 N–H and O–H groups in total. The van der Waals surface area contributed by atoms with Crippen molar-refractivity contribution in [2.45, 2.75) is 64.1 Å². The van der Waals surface area contributed by atoms with Gasteiger partial charge in [0.05, 0.1) is 6.54 Å². The van der Waals surface area contributed by atoms with Crippen LogP contribution < -0.4 is 16.0 Å². The third-order valence-electron chi connectivity index (χ3n) is 4.81. The summed E-state index contributed by atoms with van der Waals surface area (Å²) in [5.41, 5.74) is 0.00423. The fourth-order valence-electron chi connectivity index (χ4n) is 3.00. The monoisotopic (exact) mass is 383 g/mol. The van der Waals surface area contributed by atoms with Crippen molar-refractivity contribution >= 4 is 23.4 Å². The Balaban J connectivity index is 1.78. The smallest absolute Gasteiger partial charge is 0.251 e. The van der Waals surface area contributed by atoms with Gasteiger partial charge < -0.3 is 16.0 Å². The zero-order valence-electron chi connectivity index (χ0n) is 15.5. The van der Waals surface area contributed by atoms with Crippen molar-refractivity contribution in [3.05, 3.63) is 34.6 Å². The second-order valence-corrected chi connectivity index (χ2v) is 7.94. The summed E-state index contributed by atoms with van der Waals surface area (Å²) in [6.07, 6.45) is 3.29. The summed E-state index contributed by atoms with van der Waals surface area (Å²) >= 11 is 5.79. The van der Waals surface area contributed by atoms with Crippen molar-refractivity contribution in [3.63, 3.8) is 0 Å². The minimum atomic E-state index is -0.533. The molecular weight excluding hydrogens is 357 g/mol. The highest BCUT2D eigenvalue weighted by Crippen LogP contribution is 2.20. The van der Waals surface area contributed by atoms with E-state index in [4.69, 9.17) is 11.6 Å². The number of amides is 2. The van der Waals surface area contributed by atoms with E-state index in [0.717, 1.165) is 25.7 Å². The molecule has 1 aliphatic rings. The van der Waals surface area contributed by atoms with Gasteiger partial charge in [-0.15, -0.1) is 0 Å². The van der Waals surface area contributed by atoms with Crippen molar-refractivity contribution in [2.24, 2.45) is 0 Å². The van der Waals surface area contributed by atoms with E-state index in [0.29, 0.717) is 0 Å². The Morgan fingerprint density at radius 1 is 1.23 bits per heavy atom. The SMILES string of the molecule is CCC(C)(C)NC(=O)CN[C@@H]1CC[C@@H](NC(=O)c2cc(F)cc(Cl)c2)C1. The molecule has 2 atom stereocenters. The minimum absolute atomic E-state index is 0.00260. The van der Waals surface area contributed by atoms with Crippen molar-refractivity contribution in [2.75, 3.05) is 6.54 Å². The van der Waals surface area contributed by atoms with Crippen LogP contribution in [0.5, 0.6) is 0 Å². The zero-order valence-corrected chi connectivity index (χ0v) is 16.3. The summed E-state index contributed by atoms with van der Waals surface area (Å²) in [6.45, 7) is 6.27. The van der Waals surface area contributed by atoms with Gasteiger partial charge in [0.1, 0.15) is 5.82 Å². The number of benzene rings is 1. The Morgan fingerprint density at radius 2 is 1.92 bits per heavy atom. The molecule has 0 saturated heterocycles. The fraction of sp³-hybridized carbons (Fsp3) is 0.579. The maximum Gasteiger partial charge on any atom is 0.251 e. The molecule has 0 aliphatic heterocycles. The van der Waals surface area contributed by atoms with Crippen LogP contribution in [0.2, 0.25) is 5.02 Å². The molecule has 5 nitrogen and oxygen atoms in total. The van der Waals surface area contributed by atoms with Crippen LogP contribution in [0, 0.1) is 5.82 Å². The lowest BCUT2D eigenvalue weighted by molar-refractivity contribution is -0.122. The Morgan fingerprint density at radius 3 is 2.58 bits per heavy atom. The molecule has 26 heavy (non-hydrogen) atoms. The number of carbonyl (C=O) groups excluding carboxylic acids is 2. The van der Waals surface area contributed by atoms with Crippen LogP contribution in [0.25, 0.3) is 0 Å². The summed E-state index contributed by atoms with van der Waals surface area (Å²) in [6, 6.07) is 3.96. The van der Waals surface area contributed by atoms with Crippen LogP contribution >= 0.6 is 11.6 Å². The van der Waals surface area contributed by atoms with E-state index >= 15 is 0 Å². The molecule has 0 heterocycles. The largest absolute Gasteiger partial charge is 0.350 e. The van der Waals surface area contributed by atoms with E-state index in [1.807, 2.05) is 20.8 Å². The Bertz CT molecular complexity index is 646. The highest BCUT2D eigenvalue weighted by atomic mass is 35.5. The van der Waals surface area contributed by atoms with Crippen LogP contribution in [-0.2, 0) is 4.79 Å². The predicted molar refractivity (Wildman–Crippen MR) is 101 cm³/mol. The van der Waals surface area contributed by atoms with Crippen LogP contribution in [0.4, 0.5) is 4.39 Å². The molecule has 1 fully saturated rings. The summed E-state index contributed by atoms with van der Waals surface area (Å²) in [5, 5.41) is 9.34. The van der Waals surface area contributed by atoms with E-state index in [1.54, 1.807) is 0 Å². The number of hydrogen-bond acceptors (Lipinski definition) is 3. The zero-order chi connectivity index (χ0) is 19.3. The molecule has 1 aliphatic carbocycles. The molecule has 1 saturated carbocycles. The third-order valence-corrected chi connectivity index (χ3v) is 5.02. The Labute approximate surface area is 159 Å². The van der Waals surface area contributed by atoms with Crippen molar-refractivity contribution in [3.8, 4) is 0 Å². The molecule has 0 bridgehead atoms. The summed E-state index contributed by atoms with van der Waals surface area (Å²) in [7, 11) is 0. The summed E-state index contributed by atoms with van der Waals surface area (Å²) in [5.74, 6) is -0.896. The van der Waals surface area contributed by atoms with E-state index in [1.165, 1.54) is 18.2 Å². The van der Waals surface area contributed by atoms with E-state index < -0.39 is 5.82 Å². The molecule has 2 rings (SSSR count). The molecule has 0 aromatic heterocycles. The van der Waals surface area contributed by atoms with Crippen molar-refractivity contribution in [1.82, 2.24) is 16.0 Å². The Hall–Kier alpha value is -1.66. The lowest BCUT2D eigenvalue weighted by Crippen LogP contribution is -2.47. The quantitative estimate of drug-likeness (QED) is 0.677. The minimum Gasteiger partial charge on any atom is -0.350 e. The highest BCUT2D eigenvalue weighted by molar-refractivity contribution is 6.31. The second kappa shape index (κ2) is 8.82.